The fourth-order valence-electron chi connectivity index (χ4n) is 3.55. The number of halogens is 4. The quantitative estimate of drug-likeness (QED) is 0.828. The highest BCUT2D eigenvalue weighted by molar-refractivity contribution is 6.33. The van der Waals surface area contributed by atoms with Crippen LogP contribution in [0.5, 0.6) is 0 Å². The van der Waals surface area contributed by atoms with Crippen molar-refractivity contribution in [3.63, 3.8) is 0 Å². The molecule has 1 heterocycles. The van der Waals surface area contributed by atoms with Gasteiger partial charge in [-0.3, -0.25) is 4.90 Å². The molecule has 2 fully saturated rings. The number of carbonyl (C=O) groups is 1. The smallest absolute Gasteiger partial charge is 0.322 e. The summed E-state index contributed by atoms with van der Waals surface area (Å²) >= 11 is 5.93. The molecule has 0 atom stereocenters. The van der Waals surface area contributed by atoms with Crippen LogP contribution >= 0.6 is 11.6 Å². The van der Waals surface area contributed by atoms with Crippen molar-refractivity contribution in [2.75, 3.05) is 31.5 Å². The van der Waals surface area contributed by atoms with Gasteiger partial charge >= 0.3 is 12.2 Å². The Kier molecular flexibility index (Phi) is 5.43. The number of piperazine rings is 1. The molecule has 1 aromatic rings. The predicted molar refractivity (Wildman–Crippen MR) is 90.9 cm³/mol. The second-order valence-corrected chi connectivity index (χ2v) is 6.99. The van der Waals surface area contributed by atoms with Crippen molar-refractivity contribution in [2.24, 2.45) is 0 Å². The van der Waals surface area contributed by atoms with Crippen molar-refractivity contribution in [1.82, 2.24) is 9.80 Å². The average Bonchev–Trinajstić information content (AvgIpc) is 3.10. The van der Waals surface area contributed by atoms with E-state index in [0.717, 1.165) is 31.3 Å². The largest absolute Gasteiger partial charge is 0.416 e. The molecule has 0 unspecified atom stereocenters. The van der Waals surface area contributed by atoms with Gasteiger partial charge in [-0.25, -0.2) is 4.79 Å². The van der Waals surface area contributed by atoms with Crippen LogP contribution < -0.4 is 5.32 Å². The monoisotopic (exact) mass is 375 g/mol. The van der Waals surface area contributed by atoms with Crippen LogP contribution in [0, 0.1) is 0 Å². The van der Waals surface area contributed by atoms with Gasteiger partial charge in [0.1, 0.15) is 0 Å². The van der Waals surface area contributed by atoms with Crippen molar-refractivity contribution in [3.05, 3.63) is 28.8 Å². The van der Waals surface area contributed by atoms with Crippen LogP contribution in [-0.2, 0) is 6.18 Å². The second-order valence-electron chi connectivity index (χ2n) is 6.58. The lowest BCUT2D eigenvalue weighted by atomic mass is 10.2. The highest BCUT2D eigenvalue weighted by Crippen LogP contribution is 2.34. The number of anilines is 1. The first kappa shape index (κ1) is 18.3. The molecule has 3 rings (SSSR count). The summed E-state index contributed by atoms with van der Waals surface area (Å²) in [6.07, 6.45) is 0.480. The Morgan fingerprint density at radius 1 is 1.12 bits per heavy atom. The highest BCUT2D eigenvalue weighted by Gasteiger charge is 2.32. The maximum Gasteiger partial charge on any atom is 0.416 e. The van der Waals surface area contributed by atoms with E-state index in [4.69, 9.17) is 11.6 Å². The maximum atomic E-state index is 12.8. The summed E-state index contributed by atoms with van der Waals surface area (Å²) in [6.45, 7) is 2.74. The zero-order valence-electron chi connectivity index (χ0n) is 13.8. The third-order valence-electron chi connectivity index (χ3n) is 4.98. The minimum atomic E-state index is -4.48. The molecular formula is C17H21ClF3N3O. The topological polar surface area (TPSA) is 35.6 Å². The first-order valence-corrected chi connectivity index (χ1v) is 8.89. The van der Waals surface area contributed by atoms with Gasteiger partial charge in [0, 0.05) is 32.2 Å². The number of benzene rings is 1. The van der Waals surface area contributed by atoms with Gasteiger partial charge in [0.15, 0.2) is 0 Å². The zero-order chi connectivity index (χ0) is 18.0. The average molecular weight is 376 g/mol. The second kappa shape index (κ2) is 7.41. The lowest BCUT2D eigenvalue weighted by molar-refractivity contribution is -0.137. The molecule has 0 aromatic heterocycles. The Labute approximate surface area is 149 Å². The van der Waals surface area contributed by atoms with Crippen LogP contribution in [0.25, 0.3) is 0 Å². The summed E-state index contributed by atoms with van der Waals surface area (Å²) in [5.74, 6) is 0. The van der Waals surface area contributed by atoms with E-state index < -0.39 is 17.8 Å². The lowest BCUT2D eigenvalue weighted by Crippen LogP contribution is -2.52. The van der Waals surface area contributed by atoms with Crippen LogP contribution in [0.15, 0.2) is 18.2 Å². The van der Waals surface area contributed by atoms with E-state index in [1.807, 2.05) is 0 Å². The Bertz CT molecular complexity index is 624. The van der Waals surface area contributed by atoms with Gasteiger partial charge in [-0.1, -0.05) is 24.4 Å². The van der Waals surface area contributed by atoms with Gasteiger partial charge in [-0.15, -0.1) is 0 Å². The van der Waals surface area contributed by atoms with Gasteiger partial charge in [-0.2, -0.15) is 13.2 Å². The van der Waals surface area contributed by atoms with E-state index in [2.05, 4.69) is 10.2 Å². The fourth-order valence-corrected chi connectivity index (χ4v) is 3.72. The molecule has 2 amide bonds. The van der Waals surface area contributed by atoms with Crippen molar-refractivity contribution in [3.8, 4) is 0 Å². The molecule has 138 valence electrons. The number of alkyl halides is 3. The van der Waals surface area contributed by atoms with Crippen molar-refractivity contribution < 1.29 is 18.0 Å². The Morgan fingerprint density at radius 2 is 1.76 bits per heavy atom. The zero-order valence-corrected chi connectivity index (χ0v) is 14.5. The first-order valence-electron chi connectivity index (χ1n) is 8.51. The number of rotatable bonds is 2. The van der Waals surface area contributed by atoms with E-state index in [-0.39, 0.29) is 10.7 Å². The standard InChI is InChI=1S/C17H21ClF3N3O/c18-14-6-5-12(17(19,20)21)11-15(14)22-16(25)24-9-7-23(8-10-24)13-3-1-2-4-13/h5-6,11,13H,1-4,7-10H2,(H,22,25). The SMILES string of the molecule is O=C(Nc1cc(C(F)(F)F)ccc1Cl)N1CCN(C2CCCC2)CC1. The van der Waals surface area contributed by atoms with E-state index >= 15 is 0 Å². The van der Waals surface area contributed by atoms with Gasteiger partial charge < -0.3 is 10.2 Å². The summed E-state index contributed by atoms with van der Waals surface area (Å²) in [6, 6.07) is 3.13. The molecule has 4 nitrogen and oxygen atoms in total. The number of nitrogens with zero attached hydrogens (tertiary/aromatic N) is 2. The number of hydrogen-bond acceptors (Lipinski definition) is 2. The first-order chi connectivity index (χ1) is 11.8. The summed E-state index contributed by atoms with van der Waals surface area (Å²) in [4.78, 5) is 16.4. The molecule has 0 bridgehead atoms. The molecule has 1 saturated heterocycles. The third-order valence-corrected chi connectivity index (χ3v) is 5.31. The van der Waals surface area contributed by atoms with E-state index in [9.17, 15) is 18.0 Å². The molecule has 8 heteroatoms. The number of nitrogens with one attached hydrogen (secondary N) is 1. The number of hydrogen-bond donors (Lipinski definition) is 1. The molecular weight excluding hydrogens is 355 g/mol. The highest BCUT2D eigenvalue weighted by atomic mass is 35.5. The molecule has 1 saturated carbocycles. The third kappa shape index (κ3) is 4.39. The molecule has 0 spiro atoms. The molecule has 25 heavy (non-hydrogen) atoms. The molecule has 2 aliphatic rings. The summed E-state index contributed by atoms with van der Waals surface area (Å²) in [5.41, 5.74) is -0.849. The minimum Gasteiger partial charge on any atom is -0.322 e. The predicted octanol–water partition coefficient (Wildman–Crippen LogP) is 4.45. The number of amides is 2. The van der Waals surface area contributed by atoms with Crippen LogP contribution in [-0.4, -0.2) is 48.1 Å². The van der Waals surface area contributed by atoms with E-state index in [0.29, 0.717) is 19.1 Å². The Balaban J connectivity index is 1.59. The number of carbonyl (C=O) groups excluding carboxylic acids is 1. The van der Waals surface area contributed by atoms with Crippen LogP contribution in [0.3, 0.4) is 0 Å². The van der Waals surface area contributed by atoms with Gasteiger partial charge in [0.05, 0.1) is 16.3 Å². The molecule has 1 aromatic carbocycles. The van der Waals surface area contributed by atoms with Crippen LogP contribution in [0.1, 0.15) is 31.2 Å². The molecule has 1 N–H and O–H groups in total. The van der Waals surface area contributed by atoms with Crippen LogP contribution in [0.4, 0.5) is 23.7 Å². The van der Waals surface area contributed by atoms with Gasteiger partial charge in [0.25, 0.3) is 0 Å². The molecule has 1 aliphatic carbocycles. The minimum absolute atomic E-state index is 0.0142. The summed E-state index contributed by atoms with van der Waals surface area (Å²) < 4.78 is 38.4. The van der Waals surface area contributed by atoms with E-state index in [1.54, 1.807) is 4.90 Å². The fraction of sp³-hybridized carbons (Fsp3) is 0.588. The Hall–Kier alpha value is -1.47. The van der Waals surface area contributed by atoms with Gasteiger partial charge in [0.2, 0.25) is 0 Å². The maximum absolute atomic E-state index is 12.8. The van der Waals surface area contributed by atoms with Gasteiger partial charge in [-0.05, 0) is 31.0 Å². The Morgan fingerprint density at radius 3 is 2.36 bits per heavy atom. The molecule has 1 aliphatic heterocycles. The van der Waals surface area contributed by atoms with Crippen LogP contribution in [0.2, 0.25) is 5.02 Å². The van der Waals surface area contributed by atoms with Crippen molar-refractivity contribution in [1.29, 1.82) is 0 Å². The summed E-state index contributed by atoms with van der Waals surface area (Å²) in [5, 5.41) is 2.60. The van der Waals surface area contributed by atoms with Crippen molar-refractivity contribution >= 4 is 23.3 Å². The summed E-state index contributed by atoms with van der Waals surface area (Å²) in [7, 11) is 0. The number of urea groups is 1. The van der Waals surface area contributed by atoms with E-state index in [1.165, 1.54) is 25.7 Å². The lowest BCUT2D eigenvalue weighted by Gasteiger charge is -2.38. The van der Waals surface area contributed by atoms with Crippen molar-refractivity contribution in [2.45, 2.75) is 37.9 Å². The normalized spacial score (nSPS) is 20.1. The molecule has 0 radical (unpaired) electrons.